The van der Waals surface area contributed by atoms with Crippen LogP contribution in [0.4, 0.5) is 0 Å². The molecule has 0 N–H and O–H groups in total. The number of fused-ring (bicyclic) bond motifs is 3. The van der Waals surface area contributed by atoms with E-state index >= 15 is 0 Å². The maximum atomic E-state index is 2.54. The Morgan fingerprint density at radius 1 is 1.20 bits per heavy atom. The zero-order chi connectivity index (χ0) is 13.8. The molecule has 0 spiro atoms. The van der Waals surface area contributed by atoms with Gasteiger partial charge in [-0.1, -0.05) is 32.0 Å². The number of aromatic nitrogens is 1. The third-order valence-corrected chi connectivity index (χ3v) is 4.77. The van der Waals surface area contributed by atoms with E-state index < -0.39 is 0 Å². The Labute approximate surface area is 132 Å². The Morgan fingerprint density at radius 3 is 2.50 bits per heavy atom. The van der Waals surface area contributed by atoms with Crippen molar-refractivity contribution in [1.82, 2.24) is 9.47 Å². The van der Waals surface area contributed by atoms with Crippen molar-refractivity contribution in [3.8, 4) is 0 Å². The molecule has 1 aromatic carbocycles. The second kappa shape index (κ2) is 5.19. The molecule has 0 bridgehead atoms. The molecule has 0 amide bonds. The molecule has 110 valence electrons. The lowest BCUT2D eigenvalue weighted by atomic mass is 9.76. The smallest absolute Gasteiger partial charge is 0.0550 e. The van der Waals surface area contributed by atoms with Gasteiger partial charge in [-0.25, -0.2) is 0 Å². The number of halogens is 1. The highest BCUT2D eigenvalue weighted by Crippen LogP contribution is 2.47. The fourth-order valence-electron chi connectivity index (χ4n) is 3.94. The van der Waals surface area contributed by atoms with E-state index in [4.69, 9.17) is 0 Å². The molecule has 0 fully saturated rings. The first-order valence-electron chi connectivity index (χ1n) is 7.17. The quantitative estimate of drug-likeness (QED) is 0.741. The lowest BCUT2D eigenvalue weighted by molar-refractivity contribution is 0.0938. The number of hydrogen-bond acceptors (Lipinski definition) is 1. The predicted molar refractivity (Wildman–Crippen MR) is 91.8 cm³/mol. The van der Waals surface area contributed by atoms with Crippen LogP contribution in [0.1, 0.15) is 37.6 Å². The molecule has 0 aliphatic carbocycles. The SMILES string of the molecule is Br.Cc1c2n(c3ccccc13)CCC(C)(C)C2N(C)C. The van der Waals surface area contributed by atoms with Crippen LogP contribution in [0.15, 0.2) is 24.3 Å². The number of aryl methyl sites for hydroxylation is 2. The minimum absolute atomic E-state index is 0. The van der Waals surface area contributed by atoms with Gasteiger partial charge >= 0.3 is 0 Å². The van der Waals surface area contributed by atoms with Crippen LogP contribution < -0.4 is 0 Å². The van der Waals surface area contributed by atoms with Crippen LogP contribution in [-0.2, 0) is 6.54 Å². The summed E-state index contributed by atoms with van der Waals surface area (Å²) in [5.41, 5.74) is 4.71. The number of nitrogens with zero attached hydrogens (tertiary/aromatic N) is 2. The summed E-state index contributed by atoms with van der Waals surface area (Å²) in [5, 5.41) is 1.42. The molecule has 0 saturated heterocycles. The van der Waals surface area contributed by atoms with Crippen molar-refractivity contribution in [2.24, 2.45) is 5.41 Å². The summed E-state index contributed by atoms with van der Waals surface area (Å²) in [6.07, 6.45) is 1.24. The number of hydrogen-bond donors (Lipinski definition) is 0. The van der Waals surface area contributed by atoms with Crippen LogP contribution in [0.3, 0.4) is 0 Å². The van der Waals surface area contributed by atoms with Crippen LogP contribution in [0.5, 0.6) is 0 Å². The summed E-state index contributed by atoms with van der Waals surface area (Å²) in [4.78, 5) is 2.39. The van der Waals surface area contributed by atoms with E-state index in [1.165, 1.54) is 28.6 Å². The first-order chi connectivity index (χ1) is 8.93. The van der Waals surface area contributed by atoms with Crippen molar-refractivity contribution >= 4 is 27.9 Å². The van der Waals surface area contributed by atoms with Gasteiger partial charge in [0.2, 0.25) is 0 Å². The van der Waals surface area contributed by atoms with Gasteiger partial charge in [0.05, 0.1) is 6.04 Å². The van der Waals surface area contributed by atoms with Gasteiger partial charge in [0, 0.05) is 23.1 Å². The van der Waals surface area contributed by atoms with Crippen molar-refractivity contribution in [3.05, 3.63) is 35.5 Å². The zero-order valence-corrected chi connectivity index (χ0v) is 14.8. The van der Waals surface area contributed by atoms with Gasteiger partial charge in [-0.3, -0.25) is 0 Å². The average molecular weight is 337 g/mol. The van der Waals surface area contributed by atoms with Crippen molar-refractivity contribution in [1.29, 1.82) is 0 Å². The van der Waals surface area contributed by atoms with Crippen LogP contribution in [0, 0.1) is 12.3 Å². The molecule has 1 unspecified atom stereocenters. The van der Waals surface area contributed by atoms with Crippen molar-refractivity contribution in [3.63, 3.8) is 0 Å². The molecule has 1 atom stereocenters. The Hall–Kier alpha value is -0.800. The third-order valence-electron chi connectivity index (χ3n) is 4.77. The summed E-state index contributed by atoms with van der Waals surface area (Å²) >= 11 is 0. The highest BCUT2D eigenvalue weighted by atomic mass is 79.9. The molecule has 3 rings (SSSR count). The van der Waals surface area contributed by atoms with Gasteiger partial charge in [0.15, 0.2) is 0 Å². The molecule has 2 nitrogen and oxygen atoms in total. The Bertz CT molecular complexity index is 625. The Kier molecular flexibility index (Phi) is 4.05. The van der Waals surface area contributed by atoms with E-state index in [0.29, 0.717) is 11.5 Å². The summed E-state index contributed by atoms with van der Waals surface area (Å²) in [5.74, 6) is 0. The zero-order valence-electron chi connectivity index (χ0n) is 13.1. The molecule has 0 radical (unpaired) electrons. The standard InChI is InChI=1S/C17H24N2.BrH/c1-12-13-8-6-7-9-14(13)19-11-10-17(2,3)16(15(12)19)18(4)5;/h6-9,16H,10-11H2,1-5H3;1H. The normalized spacial score (nSPS) is 20.8. The second-order valence-corrected chi connectivity index (χ2v) is 6.78. The largest absolute Gasteiger partial charge is 0.343 e. The van der Waals surface area contributed by atoms with E-state index in [1.54, 1.807) is 0 Å². The van der Waals surface area contributed by atoms with E-state index in [1.807, 2.05) is 0 Å². The summed E-state index contributed by atoms with van der Waals surface area (Å²) < 4.78 is 2.54. The summed E-state index contributed by atoms with van der Waals surface area (Å²) in [6.45, 7) is 8.23. The lowest BCUT2D eigenvalue weighted by Gasteiger charge is -2.44. The molecule has 1 aliphatic heterocycles. The lowest BCUT2D eigenvalue weighted by Crippen LogP contribution is -2.39. The molecule has 2 heterocycles. The predicted octanol–water partition coefficient (Wildman–Crippen LogP) is 4.56. The van der Waals surface area contributed by atoms with Gasteiger partial charge in [0.25, 0.3) is 0 Å². The van der Waals surface area contributed by atoms with Gasteiger partial charge < -0.3 is 9.47 Å². The first-order valence-corrected chi connectivity index (χ1v) is 7.17. The van der Waals surface area contributed by atoms with E-state index in [2.05, 4.69) is 68.6 Å². The van der Waals surface area contributed by atoms with Crippen LogP contribution in [0.25, 0.3) is 10.9 Å². The van der Waals surface area contributed by atoms with Crippen molar-refractivity contribution in [2.45, 2.75) is 39.8 Å². The van der Waals surface area contributed by atoms with Crippen LogP contribution >= 0.6 is 17.0 Å². The van der Waals surface area contributed by atoms with E-state index in [0.717, 1.165) is 6.54 Å². The van der Waals surface area contributed by atoms with Crippen LogP contribution in [0.2, 0.25) is 0 Å². The maximum Gasteiger partial charge on any atom is 0.0550 e. The molecule has 1 aromatic heterocycles. The molecular formula is C17H25BrN2. The minimum atomic E-state index is 0. The molecule has 3 heteroatoms. The van der Waals surface area contributed by atoms with E-state index in [9.17, 15) is 0 Å². The Morgan fingerprint density at radius 2 is 1.85 bits per heavy atom. The average Bonchev–Trinajstić information content (AvgIpc) is 2.62. The molecule has 0 saturated carbocycles. The minimum Gasteiger partial charge on any atom is -0.343 e. The molecular weight excluding hydrogens is 312 g/mol. The Balaban J connectivity index is 0.00000147. The monoisotopic (exact) mass is 336 g/mol. The van der Waals surface area contributed by atoms with Gasteiger partial charge in [0.1, 0.15) is 0 Å². The van der Waals surface area contributed by atoms with E-state index in [-0.39, 0.29) is 17.0 Å². The fraction of sp³-hybridized carbons (Fsp3) is 0.529. The molecule has 2 aromatic rings. The van der Waals surface area contributed by atoms with Crippen LogP contribution in [-0.4, -0.2) is 23.6 Å². The highest BCUT2D eigenvalue weighted by Gasteiger charge is 2.39. The summed E-state index contributed by atoms with van der Waals surface area (Å²) in [7, 11) is 4.42. The van der Waals surface area contributed by atoms with Crippen molar-refractivity contribution < 1.29 is 0 Å². The molecule has 1 aliphatic rings. The molecule has 20 heavy (non-hydrogen) atoms. The van der Waals surface area contributed by atoms with Gasteiger partial charge in [-0.2, -0.15) is 0 Å². The number of rotatable bonds is 1. The summed E-state index contributed by atoms with van der Waals surface area (Å²) in [6, 6.07) is 9.32. The maximum absolute atomic E-state index is 2.54. The third kappa shape index (κ3) is 2.11. The van der Waals surface area contributed by atoms with Gasteiger partial charge in [-0.05, 0) is 44.5 Å². The number of benzene rings is 1. The fourth-order valence-corrected chi connectivity index (χ4v) is 3.94. The topological polar surface area (TPSA) is 8.17 Å². The van der Waals surface area contributed by atoms with Crippen molar-refractivity contribution in [2.75, 3.05) is 14.1 Å². The number of para-hydroxylation sites is 1. The highest BCUT2D eigenvalue weighted by molar-refractivity contribution is 8.93. The second-order valence-electron chi connectivity index (χ2n) is 6.78. The first kappa shape index (κ1) is 15.6. The van der Waals surface area contributed by atoms with Gasteiger partial charge in [-0.15, -0.1) is 17.0 Å².